The van der Waals surface area contributed by atoms with Crippen LogP contribution in [0.3, 0.4) is 0 Å². The smallest absolute Gasteiger partial charge is 0.224 e. The number of hydrogen-bond acceptors (Lipinski definition) is 5. The Hall–Kier alpha value is -3.48. The van der Waals surface area contributed by atoms with Crippen LogP contribution in [0.4, 0.5) is 5.69 Å². The molecule has 0 radical (unpaired) electrons. The zero-order valence-corrected chi connectivity index (χ0v) is 16.1. The third kappa shape index (κ3) is 4.25. The number of anilines is 1. The number of nitrogens with one attached hydrogen (secondary N) is 2. The summed E-state index contributed by atoms with van der Waals surface area (Å²) in [5, 5.41) is 9.80. The van der Waals surface area contributed by atoms with Crippen LogP contribution in [0.1, 0.15) is 12.0 Å². The summed E-state index contributed by atoms with van der Waals surface area (Å²) in [7, 11) is 4.70. The van der Waals surface area contributed by atoms with E-state index in [1.54, 1.807) is 27.5 Å². The standard InChI is InChI=1S/C21H23N3O4/c1-26-18-9-7-14(20(27-2)21(18)28-3)8-10-19(25)23-16-6-4-5-15(13-16)17-11-12-22-24-17/h4-7,9,11-13H,8,10H2,1-3H3,(H,22,24)(H,23,25). The van der Waals surface area contributed by atoms with Crippen molar-refractivity contribution < 1.29 is 19.0 Å². The summed E-state index contributed by atoms with van der Waals surface area (Å²) in [6.45, 7) is 0. The van der Waals surface area contributed by atoms with Crippen molar-refractivity contribution in [3.05, 3.63) is 54.2 Å². The number of amides is 1. The number of H-pyrrole nitrogens is 1. The second kappa shape index (κ2) is 8.94. The second-order valence-corrected chi connectivity index (χ2v) is 6.09. The Labute approximate surface area is 163 Å². The summed E-state index contributed by atoms with van der Waals surface area (Å²) in [4.78, 5) is 12.4. The topological polar surface area (TPSA) is 85.5 Å². The predicted molar refractivity (Wildman–Crippen MR) is 107 cm³/mol. The van der Waals surface area contributed by atoms with Crippen molar-refractivity contribution in [2.24, 2.45) is 0 Å². The summed E-state index contributed by atoms with van der Waals surface area (Å²) in [5.74, 6) is 1.60. The molecule has 1 heterocycles. The van der Waals surface area contributed by atoms with Gasteiger partial charge in [0.1, 0.15) is 0 Å². The Morgan fingerprint density at radius 1 is 1.04 bits per heavy atom. The number of aryl methyl sites for hydroxylation is 1. The van der Waals surface area contributed by atoms with Gasteiger partial charge in [0.2, 0.25) is 11.7 Å². The third-order valence-corrected chi connectivity index (χ3v) is 4.37. The SMILES string of the molecule is COc1ccc(CCC(=O)Nc2cccc(-c3ccn[nH]3)c2)c(OC)c1OC. The first-order chi connectivity index (χ1) is 13.7. The Morgan fingerprint density at radius 3 is 2.54 bits per heavy atom. The average Bonchev–Trinajstić information content (AvgIpc) is 3.26. The first-order valence-electron chi connectivity index (χ1n) is 8.83. The summed E-state index contributed by atoms with van der Waals surface area (Å²) in [6.07, 6.45) is 2.51. The van der Waals surface area contributed by atoms with Gasteiger partial charge in [0, 0.05) is 23.9 Å². The molecule has 0 saturated carbocycles. The number of rotatable bonds is 8. The van der Waals surface area contributed by atoms with Gasteiger partial charge in [-0.15, -0.1) is 0 Å². The van der Waals surface area contributed by atoms with E-state index >= 15 is 0 Å². The Morgan fingerprint density at radius 2 is 1.86 bits per heavy atom. The molecule has 0 aliphatic rings. The van der Waals surface area contributed by atoms with Crippen LogP contribution in [-0.4, -0.2) is 37.4 Å². The lowest BCUT2D eigenvalue weighted by molar-refractivity contribution is -0.116. The summed E-state index contributed by atoms with van der Waals surface area (Å²) >= 11 is 0. The van der Waals surface area contributed by atoms with E-state index in [0.717, 1.165) is 22.5 Å². The van der Waals surface area contributed by atoms with Crippen molar-refractivity contribution in [3.63, 3.8) is 0 Å². The van der Waals surface area contributed by atoms with Crippen LogP contribution in [0.15, 0.2) is 48.7 Å². The highest BCUT2D eigenvalue weighted by molar-refractivity contribution is 5.91. The monoisotopic (exact) mass is 381 g/mol. The summed E-state index contributed by atoms with van der Waals surface area (Å²) in [6, 6.07) is 13.2. The number of aromatic nitrogens is 2. The highest BCUT2D eigenvalue weighted by atomic mass is 16.5. The molecule has 7 heteroatoms. The maximum atomic E-state index is 12.4. The molecule has 0 unspecified atom stereocenters. The fourth-order valence-corrected chi connectivity index (χ4v) is 3.01. The summed E-state index contributed by atoms with van der Waals surface area (Å²) < 4.78 is 16.2. The van der Waals surface area contributed by atoms with Gasteiger partial charge in [-0.05, 0) is 36.2 Å². The highest BCUT2D eigenvalue weighted by Gasteiger charge is 2.16. The van der Waals surface area contributed by atoms with Crippen LogP contribution < -0.4 is 19.5 Å². The molecule has 0 aliphatic heterocycles. The molecular formula is C21H23N3O4. The number of benzene rings is 2. The van der Waals surface area contributed by atoms with E-state index in [9.17, 15) is 4.79 Å². The highest BCUT2D eigenvalue weighted by Crippen LogP contribution is 2.40. The molecule has 0 atom stereocenters. The lowest BCUT2D eigenvalue weighted by Crippen LogP contribution is -2.12. The molecule has 0 spiro atoms. The second-order valence-electron chi connectivity index (χ2n) is 6.09. The van der Waals surface area contributed by atoms with Gasteiger partial charge in [0.25, 0.3) is 0 Å². The van der Waals surface area contributed by atoms with Gasteiger partial charge in [0.15, 0.2) is 11.5 Å². The van der Waals surface area contributed by atoms with E-state index in [4.69, 9.17) is 14.2 Å². The van der Waals surface area contributed by atoms with Gasteiger partial charge >= 0.3 is 0 Å². The first kappa shape index (κ1) is 19.3. The van der Waals surface area contributed by atoms with E-state index < -0.39 is 0 Å². The maximum absolute atomic E-state index is 12.4. The Kier molecular flexibility index (Phi) is 6.16. The molecule has 146 valence electrons. The quantitative estimate of drug-likeness (QED) is 0.622. The van der Waals surface area contributed by atoms with Crippen molar-refractivity contribution in [1.82, 2.24) is 10.2 Å². The Bertz CT molecular complexity index is 939. The fourth-order valence-electron chi connectivity index (χ4n) is 3.01. The number of ether oxygens (including phenoxy) is 3. The van der Waals surface area contributed by atoms with E-state index in [0.29, 0.717) is 30.1 Å². The molecule has 0 aliphatic carbocycles. The molecule has 2 N–H and O–H groups in total. The molecule has 28 heavy (non-hydrogen) atoms. The van der Waals surface area contributed by atoms with Gasteiger partial charge in [0.05, 0.1) is 27.0 Å². The molecule has 0 saturated heterocycles. The van der Waals surface area contributed by atoms with E-state index in [1.165, 1.54) is 0 Å². The van der Waals surface area contributed by atoms with Crippen molar-refractivity contribution in [1.29, 1.82) is 0 Å². The van der Waals surface area contributed by atoms with Crippen LogP contribution in [0, 0.1) is 0 Å². The average molecular weight is 381 g/mol. The minimum Gasteiger partial charge on any atom is -0.493 e. The maximum Gasteiger partial charge on any atom is 0.224 e. The number of carbonyl (C=O) groups excluding carboxylic acids is 1. The van der Waals surface area contributed by atoms with Crippen LogP contribution in [0.2, 0.25) is 0 Å². The van der Waals surface area contributed by atoms with E-state index in [1.807, 2.05) is 42.5 Å². The molecule has 0 fully saturated rings. The van der Waals surface area contributed by atoms with Crippen LogP contribution >= 0.6 is 0 Å². The largest absolute Gasteiger partial charge is 0.493 e. The van der Waals surface area contributed by atoms with Crippen molar-refractivity contribution in [2.75, 3.05) is 26.6 Å². The normalized spacial score (nSPS) is 10.4. The minimum absolute atomic E-state index is 0.0846. The number of methoxy groups -OCH3 is 3. The molecule has 0 bridgehead atoms. The molecule has 3 rings (SSSR count). The molecule has 1 amide bonds. The van der Waals surface area contributed by atoms with Gasteiger partial charge in [-0.3, -0.25) is 9.89 Å². The number of aromatic amines is 1. The van der Waals surface area contributed by atoms with E-state index in [2.05, 4.69) is 15.5 Å². The van der Waals surface area contributed by atoms with E-state index in [-0.39, 0.29) is 5.91 Å². The van der Waals surface area contributed by atoms with Gasteiger partial charge in [-0.1, -0.05) is 18.2 Å². The molecular weight excluding hydrogens is 358 g/mol. The van der Waals surface area contributed by atoms with Crippen LogP contribution in [0.5, 0.6) is 17.2 Å². The zero-order valence-electron chi connectivity index (χ0n) is 16.1. The molecule has 1 aromatic heterocycles. The van der Waals surface area contributed by atoms with Crippen LogP contribution in [0.25, 0.3) is 11.3 Å². The summed E-state index contributed by atoms with van der Waals surface area (Å²) in [5.41, 5.74) is 3.46. The molecule has 3 aromatic rings. The fraction of sp³-hybridized carbons (Fsp3) is 0.238. The van der Waals surface area contributed by atoms with Crippen molar-refractivity contribution in [2.45, 2.75) is 12.8 Å². The van der Waals surface area contributed by atoms with Gasteiger partial charge in [-0.2, -0.15) is 5.10 Å². The Balaban J connectivity index is 1.67. The molecule has 7 nitrogen and oxygen atoms in total. The molecule has 2 aromatic carbocycles. The van der Waals surface area contributed by atoms with Crippen LogP contribution in [-0.2, 0) is 11.2 Å². The minimum atomic E-state index is -0.0846. The first-order valence-corrected chi connectivity index (χ1v) is 8.83. The third-order valence-electron chi connectivity index (χ3n) is 4.37. The lowest BCUT2D eigenvalue weighted by Gasteiger charge is -2.15. The number of carbonyl (C=O) groups is 1. The van der Waals surface area contributed by atoms with Gasteiger partial charge in [-0.25, -0.2) is 0 Å². The number of hydrogen-bond donors (Lipinski definition) is 2. The number of nitrogens with zero attached hydrogens (tertiary/aromatic N) is 1. The predicted octanol–water partition coefficient (Wildman–Crippen LogP) is 3.67. The van der Waals surface area contributed by atoms with Gasteiger partial charge < -0.3 is 19.5 Å². The zero-order chi connectivity index (χ0) is 19.9. The lowest BCUT2D eigenvalue weighted by atomic mass is 10.1. The van der Waals surface area contributed by atoms with Crippen molar-refractivity contribution in [3.8, 4) is 28.5 Å². The van der Waals surface area contributed by atoms with Crippen molar-refractivity contribution >= 4 is 11.6 Å².